The molecule has 0 bridgehead atoms. The predicted molar refractivity (Wildman–Crippen MR) is 78.2 cm³/mol. The monoisotopic (exact) mass is 307 g/mol. The number of rotatable bonds is 3. The maximum absolute atomic E-state index is 12.0. The van der Waals surface area contributed by atoms with Crippen molar-refractivity contribution in [2.45, 2.75) is 45.6 Å². The largest absolute Gasteiger partial charge is 0.459 e. The lowest BCUT2D eigenvalue weighted by molar-refractivity contribution is -0.151. The molecule has 0 atom stereocenters. The smallest absolute Gasteiger partial charge is 0.309 e. The van der Waals surface area contributed by atoms with Crippen LogP contribution in [0.15, 0.2) is 10.9 Å². The van der Waals surface area contributed by atoms with Crippen LogP contribution < -0.4 is 5.56 Å². The number of aryl methyl sites for hydroxylation is 1. The summed E-state index contributed by atoms with van der Waals surface area (Å²) in [5.41, 5.74) is 0.237. The molecule has 0 amide bonds. The summed E-state index contributed by atoms with van der Waals surface area (Å²) < 4.78 is 6.58. The summed E-state index contributed by atoms with van der Waals surface area (Å²) in [5, 5.41) is 4.85. The molecule has 0 saturated heterocycles. The quantitative estimate of drug-likeness (QED) is 0.812. The molecule has 112 valence electrons. The molecule has 0 aromatic carbocycles. The van der Waals surface area contributed by atoms with Gasteiger partial charge in [0.2, 0.25) is 4.96 Å². The van der Waals surface area contributed by atoms with Crippen LogP contribution in [0.25, 0.3) is 4.96 Å². The molecule has 1 aliphatic rings. The van der Waals surface area contributed by atoms with E-state index in [9.17, 15) is 9.59 Å². The van der Waals surface area contributed by atoms with Crippen LogP contribution in [-0.2, 0) is 16.1 Å². The van der Waals surface area contributed by atoms with Crippen LogP contribution in [-0.4, -0.2) is 20.6 Å². The van der Waals surface area contributed by atoms with Crippen LogP contribution in [0.3, 0.4) is 0 Å². The Morgan fingerprint density at radius 2 is 2.19 bits per heavy atom. The summed E-state index contributed by atoms with van der Waals surface area (Å²) in [4.78, 5) is 28.7. The third-order valence-electron chi connectivity index (χ3n) is 3.70. The summed E-state index contributed by atoms with van der Waals surface area (Å²) in [6.07, 6.45) is 5.18. The van der Waals surface area contributed by atoms with Crippen molar-refractivity contribution < 1.29 is 9.53 Å². The first-order chi connectivity index (χ1) is 10.1. The zero-order valence-electron chi connectivity index (χ0n) is 11.9. The number of hydrogen-bond donors (Lipinski definition) is 0. The van der Waals surface area contributed by atoms with Gasteiger partial charge in [0.15, 0.2) is 0 Å². The van der Waals surface area contributed by atoms with Crippen molar-refractivity contribution in [2.75, 3.05) is 0 Å². The summed E-state index contributed by atoms with van der Waals surface area (Å²) in [6.45, 7) is 1.87. The minimum Gasteiger partial charge on any atom is -0.459 e. The molecule has 2 aromatic heterocycles. The lowest BCUT2D eigenvalue weighted by Gasteiger charge is -2.19. The fraction of sp³-hybridized carbons (Fsp3) is 0.571. The molecule has 0 N–H and O–H groups in total. The Hall–Kier alpha value is -1.76. The van der Waals surface area contributed by atoms with E-state index in [-0.39, 0.29) is 24.1 Å². The second-order valence-electron chi connectivity index (χ2n) is 5.34. The minimum absolute atomic E-state index is 0.00854. The number of carbonyl (C=O) groups excluding carboxylic acids is 1. The molecule has 0 spiro atoms. The molecule has 3 rings (SSSR count). The Bertz CT molecular complexity index is 716. The SMILES string of the molecule is Cc1nn2c(=O)cc(COC(=O)C3CCCCC3)nc2s1. The molecule has 21 heavy (non-hydrogen) atoms. The van der Waals surface area contributed by atoms with Gasteiger partial charge in [-0.2, -0.15) is 9.61 Å². The number of fused-ring (bicyclic) bond motifs is 1. The van der Waals surface area contributed by atoms with E-state index in [1.54, 1.807) is 0 Å². The van der Waals surface area contributed by atoms with Gasteiger partial charge in [0.25, 0.3) is 5.56 Å². The van der Waals surface area contributed by atoms with Gasteiger partial charge in [-0.15, -0.1) is 0 Å². The van der Waals surface area contributed by atoms with Crippen molar-refractivity contribution in [1.82, 2.24) is 14.6 Å². The van der Waals surface area contributed by atoms with Crippen LogP contribution in [0.2, 0.25) is 0 Å². The molecular formula is C14H17N3O3S. The second-order valence-corrected chi connectivity index (χ2v) is 6.50. The van der Waals surface area contributed by atoms with Gasteiger partial charge in [0, 0.05) is 6.07 Å². The molecule has 2 aromatic rings. The molecule has 7 heteroatoms. The third kappa shape index (κ3) is 3.12. The van der Waals surface area contributed by atoms with E-state index in [1.165, 1.54) is 28.3 Å². The summed E-state index contributed by atoms with van der Waals surface area (Å²) in [7, 11) is 0. The van der Waals surface area contributed by atoms with Crippen molar-refractivity contribution in [1.29, 1.82) is 0 Å². The zero-order valence-corrected chi connectivity index (χ0v) is 12.7. The van der Waals surface area contributed by atoms with Gasteiger partial charge < -0.3 is 4.74 Å². The molecule has 2 heterocycles. The zero-order chi connectivity index (χ0) is 14.8. The van der Waals surface area contributed by atoms with E-state index in [4.69, 9.17) is 4.74 Å². The molecule has 1 fully saturated rings. The molecule has 0 unspecified atom stereocenters. The summed E-state index contributed by atoms with van der Waals surface area (Å²) in [5.74, 6) is -0.161. The van der Waals surface area contributed by atoms with Gasteiger partial charge in [0.05, 0.1) is 11.6 Å². The first kappa shape index (κ1) is 14.2. The van der Waals surface area contributed by atoms with Crippen LogP contribution in [0, 0.1) is 12.8 Å². The van der Waals surface area contributed by atoms with Crippen molar-refractivity contribution in [3.63, 3.8) is 0 Å². The van der Waals surface area contributed by atoms with Gasteiger partial charge >= 0.3 is 5.97 Å². The number of hydrogen-bond acceptors (Lipinski definition) is 6. The van der Waals surface area contributed by atoms with Gasteiger partial charge in [-0.25, -0.2) is 4.98 Å². The topological polar surface area (TPSA) is 73.6 Å². The van der Waals surface area contributed by atoms with Gasteiger partial charge in [-0.05, 0) is 19.8 Å². The average molecular weight is 307 g/mol. The lowest BCUT2D eigenvalue weighted by Crippen LogP contribution is -2.21. The average Bonchev–Trinajstić information content (AvgIpc) is 2.87. The maximum Gasteiger partial charge on any atom is 0.309 e. The Balaban J connectivity index is 1.70. The van der Waals surface area contributed by atoms with Crippen molar-refractivity contribution in [3.05, 3.63) is 27.1 Å². The first-order valence-electron chi connectivity index (χ1n) is 7.16. The molecule has 0 aliphatic heterocycles. The maximum atomic E-state index is 12.0. The molecule has 1 saturated carbocycles. The van der Waals surface area contributed by atoms with E-state index < -0.39 is 0 Å². The Morgan fingerprint density at radius 1 is 1.43 bits per heavy atom. The van der Waals surface area contributed by atoms with Crippen molar-refractivity contribution in [2.24, 2.45) is 5.92 Å². The molecular weight excluding hydrogens is 290 g/mol. The Morgan fingerprint density at radius 3 is 2.95 bits per heavy atom. The van der Waals surface area contributed by atoms with Gasteiger partial charge in [-0.3, -0.25) is 9.59 Å². The molecule has 1 aliphatic carbocycles. The van der Waals surface area contributed by atoms with Gasteiger partial charge in [-0.1, -0.05) is 30.6 Å². The Kier molecular flexibility index (Phi) is 4.01. The second kappa shape index (κ2) is 5.93. The summed E-state index contributed by atoms with van der Waals surface area (Å²) >= 11 is 1.34. The van der Waals surface area contributed by atoms with E-state index in [1.807, 2.05) is 6.92 Å². The summed E-state index contributed by atoms with van der Waals surface area (Å²) in [6, 6.07) is 1.38. The fourth-order valence-electron chi connectivity index (χ4n) is 2.63. The first-order valence-corrected chi connectivity index (χ1v) is 7.98. The standard InChI is InChI=1S/C14H17N3O3S/c1-9-16-17-12(18)7-11(15-14(17)21-9)8-20-13(19)10-5-3-2-4-6-10/h7,10H,2-6,8H2,1H3. The minimum atomic E-state index is -0.243. The van der Waals surface area contributed by atoms with Crippen LogP contribution >= 0.6 is 11.3 Å². The van der Waals surface area contributed by atoms with Crippen LogP contribution in [0.4, 0.5) is 0 Å². The van der Waals surface area contributed by atoms with E-state index in [0.29, 0.717) is 10.7 Å². The van der Waals surface area contributed by atoms with Gasteiger partial charge in [0.1, 0.15) is 11.6 Å². The highest BCUT2D eigenvalue weighted by Crippen LogP contribution is 2.24. The highest BCUT2D eigenvalue weighted by molar-refractivity contribution is 7.16. The lowest BCUT2D eigenvalue weighted by atomic mass is 9.89. The van der Waals surface area contributed by atoms with Crippen LogP contribution in [0.5, 0.6) is 0 Å². The number of carbonyl (C=O) groups is 1. The normalized spacial score (nSPS) is 16.2. The highest BCUT2D eigenvalue weighted by Gasteiger charge is 2.22. The van der Waals surface area contributed by atoms with Crippen molar-refractivity contribution >= 4 is 22.3 Å². The third-order valence-corrected chi connectivity index (χ3v) is 4.52. The fourth-order valence-corrected chi connectivity index (χ4v) is 3.39. The van der Waals surface area contributed by atoms with Crippen molar-refractivity contribution in [3.8, 4) is 0 Å². The van der Waals surface area contributed by atoms with E-state index >= 15 is 0 Å². The number of aromatic nitrogens is 3. The predicted octanol–water partition coefficient (Wildman–Crippen LogP) is 2.08. The molecule has 6 nitrogen and oxygen atoms in total. The Labute approximate surface area is 125 Å². The number of nitrogens with zero attached hydrogens (tertiary/aromatic N) is 3. The number of esters is 1. The molecule has 0 radical (unpaired) electrons. The highest BCUT2D eigenvalue weighted by atomic mass is 32.1. The van der Waals surface area contributed by atoms with E-state index in [0.717, 1.165) is 30.7 Å². The van der Waals surface area contributed by atoms with Crippen LogP contribution in [0.1, 0.15) is 42.8 Å². The van der Waals surface area contributed by atoms with E-state index in [2.05, 4.69) is 10.1 Å². The number of ether oxygens (including phenoxy) is 1.